The molecule has 0 amide bonds. The molecular weight excluding hydrogens is 278 g/mol. The van der Waals surface area contributed by atoms with Crippen LogP contribution in [0, 0.1) is 0 Å². The molecule has 1 spiro atoms. The molecule has 0 aromatic heterocycles. The van der Waals surface area contributed by atoms with Crippen LogP contribution in [0.3, 0.4) is 0 Å². The number of benzene rings is 1. The van der Waals surface area contributed by atoms with E-state index in [1.165, 1.54) is 24.2 Å². The van der Waals surface area contributed by atoms with Gasteiger partial charge in [-0.15, -0.1) is 0 Å². The molecule has 2 aliphatic heterocycles. The first-order chi connectivity index (χ1) is 9.22. The van der Waals surface area contributed by atoms with Crippen LogP contribution >= 0.6 is 23.4 Å². The van der Waals surface area contributed by atoms with Crippen LogP contribution in [0.4, 0.5) is 0 Å². The van der Waals surface area contributed by atoms with Crippen LogP contribution in [-0.4, -0.2) is 23.7 Å². The Balaban J connectivity index is 1.94. The maximum atomic E-state index is 6.37. The van der Waals surface area contributed by atoms with Crippen molar-refractivity contribution in [3.05, 3.63) is 28.8 Å². The van der Waals surface area contributed by atoms with Crippen LogP contribution < -0.4 is 10.1 Å². The molecule has 1 aromatic carbocycles. The number of fused-ring (bicyclic) bond motifs is 1. The topological polar surface area (TPSA) is 21.3 Å². The highest BCUT2D eigenvalue weighted by molar-refractivity contribution is 7.99. The highest BCUT2D eigenvalue weighted by Crippen LogP contribution is 2.45. The highest BCUT2D eigenvalue weighted by atomic mass is 35.5. The summed E-state index contributed by atoms with van der Waals surface area (Å²) >= 11 is 8.15. The van der Waals surface area contributed by atoms with E-state index in [2.05, 4.69) is 12.2 Å². The number of rotatable bonds is 2. The first kappa shape index (κ1) is 13.6. The van der Waals surface area contributed by atoms with E-state index in [0.717, 1.165) is 29.5 Å². The molecule has 2 unspecified atom stereocenters. The van der Waals surface area contributed by atoms with Crippen LogP contribution in [0.15, 0.2) is 18.2 Å². The van der Waals surface area contributed by atoms with E-state index >= 15 is 0 Å². The Bertz CT molecular complexity index is 459. The fraction of sp³-hybridized carbons (Fsp3) is 0.600. The number of halogens is 1. The minimum atomic E-state index is 0.0244. The highest BCUT2D eigenvalue weighted by Gasteiger charge is 2.41. The van der Waals surface area contributed by atoms with Gasteiger partial charge in [0.25, 0.3) is 0 Å². The lowest BCUT2D eigenvalue weighted by molar-refractivity contribution is 0.0416. The summed E-state index contributed by atoms with van der Waals surface area (Å²) in [7, 11) is 0. The third-order valence-electron chi connectivity index (χ3n) is 3.99. The van der Waals surface area contributed by atoms with Crippen molar-refractivity contribution in [1.82, 2.24) is 5.32 Å². The average Bonchev–Trinajstić information content (AvgIpc) is 2.41. The van der Waals surface area contributed by atoms with Crippen LogP contribution in [0.1, 0.15) is 37.8 Å². The second-order valence-corrected chi connectivity index (χ2v) is 6.98. The van der Waals surface area contributed by atoms with E-state index < -0.39 is 0 Å². The summed E-state index contributed by atoms with van der Waals surface area (Å²) in [5, 5.41) is 4.38. The molecular formula is C15H20ClNOS. The van der Waals surface area contributed by atoms with E-state index in [0.29, 0.717) is 6.04 Å². The van der Waals surface area contributed by atoms with Gasteiger partial charge in [-0.25, -0.2) is 0 Å². The summed E-state index contributed by atoms with van der Waals surface area (Å²) in [6.45, 7) is 3.13. The van der Waals surface area contributed by atoms with Crippen molar-refractivity contribution in [2.24, 2.45) is 0 Å². The van der Waals surface area contributed by atoms with Crippen molar-refractivity contribution < 1.29 is 4.74 Å². The maximum absolute atomic E-state index is 6.37. The summed E-state index contributed by atoms with van der Waals surface area (Å²) in [4.78, 5) is 0. The van der Waals surface area contributed by atoms with Crippen molar-refractivity contribution in [2.75, 3.05) is 18.1 Å². The van der Waals surface area contributed by atoms with Gasteiger partial charge in [0.2, 0.25) is 0 Å². The molecule has 0 aliphatic carbocycles. The molecule has 0 bridgehead atoms. The molecule has 1 N–H and O–H groups in total. The van der Waals surface area contributed by atoms with Crippen molar-refractivity contribution in [3.8, 4) is 5.75 Å². The van der Waals surface area contributed by atoms with Gasteiger partial charge >= 0.3 is 0 Å². The molecule has 4 heteroatoms. The van der Waals surface area contributed by atoms with Crippen LogP contribution in [0.5, 0.6) is 5.75 Å². The number of nitrogens with one attached hydrogen (secondary N) is 1. The zero-order valence-electron chi connectivity index (χ0n) is 11.2. The van der Waals surface area contributed by atoms with Gasteiger partial charge in [0.05, 0.1) is 0 Å². The second kappa shape index (κ2) is 5.55. The van der Waals surface area contributed by atoms with Gasteiger partial charge in [-0.3, -0.25) is 0 Å². The molecule has 19 heavy (non-hydrogen) atoms. The summed E-state index contributed by atoms with van der Waals surface area (Å²) < 4.78 is 6.37. The fourth-order valence-corrected chi connectivity index (χ4v) is 4.50. The molecule has 2 heterocycles. The van der Waals surface area contributed by atoms with Crippen molar-refractivity contribution in [1.29, 1.82) is 0 Å². The Morgan fingerprint density at radius 2 is 2.42 bits per heavy atom. The lowest BCUT2D eigenvalue weighted by Crippen LogP contribution is -2.47. The molecule has 0 saturated carbocycles. The Hall–Kier alpha value is -0.380. The fourth-order valence-electron chi connectivity index (χ4n) is 3.14. The largest absolute Gasteiger partial charge is 0.486 e. The van der Waals surface area contributed by atoms with Gasteiger partial charge in [0, 0.05) is 28.8 Å². The summed E-state index contributed by atoms with van der Waals surface area (Å²) in [5.74, 6) is 3.39. The third-order valence-corrected chi connectivity index (χ3v) is 5.53. The number of ether oxygens (including phenoxy) is 1. The van der Waals surface area contributed by atoms with E-state index in [1.54, 1.807) is 0 Å². The van der Waals surface area contributed by atoms with Gasteiger partial charge < -0.3 is 10.1 Å². The van der Waals surface area contributed by atoms with Crippen LogP contribution in [0.2, 0.25) is 5.02 Å². The Morgan fingerprint density at radius 1 is 1.53 bits per heavy atom. The van der Waals surface area contributed by atoms with E-state index in [-0.39, 0.29) is 5.60 Å². The molecule has 1 fully saturated rings. The molecule has 104 valence electrons. The van der Waals surface area contributed by atoms with E-state index in [1.807, 2.05) is 30.0 Å². The smallest absolute Gasteiger partial charge is 0.125 e. The van der Waals surface area contributed by atoms with Gasteiger partial charge in [0.15, 0.2) is 0 Å². The summed E-state index contributed by atoms with van der Waals surface area (Å²) in [6, 6.07) is 6.37. The van der Waals surface area contributed by atoms with Gasteiger partial charge in [-0.1, -0.05) is 18.5 Å². The maximum Gasteiger partial charge on any atom is 0.125 e. The molecule has 3 rings (SSSR count). The minimum Gasteiger partial charge on any atom is -0.486 e. The molecule has 0 radical (unpaired) electrons. The van der Waals surface area contributed by atoms with Gasteiger partial charge in [-0.2, -0.15) is 11.8 Å². The Kier molecular flexibility index (Phi) is 3.97. The number of hydrogen-bond acceptors (Lipinski definition) is 3. The molecule has 2 aliphatic rings. The van der Waals surface area contributed by atoms with Crippen LogP contribution in [0.25, 0.3) is 0 Å². The van der Waals surface area contributed by atoms with Crippen molar-refractivity contribution in [2.45, 2.75) is 37.8 Å². The third kappa shape index (κ3) is 2.74. The van der Waals surface area contributed by atoms with Crippen molar-refractivity contribution >= 4 is 23.4 Å². The minimum absolute atomic E-state index is 0.0244. The first-order valence-corrected chi connectivity index (χ1v) is 8.55. The average molecular weight is 298 g/mol. The summed E-state index contributed by atoms with van der Waals surface area (Å²) in [6.07, 6.45) is 3.48. The van der Waals surface area contributed by atoms with Crippen LogP contribution in [-0.2, 0) is 0 Å². The van der Waals surface area contributed by atoms with E-state index in [9.17, 15) is 0 Å². The zero-order valence-corrected chi connectivity index (χ0v) is 12.8. The van der Waals surface area contributed by atoms with E-state index in [4.69, 9.17) is 16.3 Å². The zero-order chi connectivity index (χ0) is 13.3. The SMILES string of the molecule is CCNC1CC2(CCCSC2)Oc2ccc(Cl)cc21. The summed E-state index contributed by atoms with van der Waals surface area (Å²) in [5.41, 5.74) is 1.24. The quantitative estimate of drug-likeness (QED) is 0.890. The van der Waals surface area contributed by atoms with Gasteiger partial charge in [-0.05, 0) is 43.3 Å². The monoisotopic (exact) mass is 297 g/mol. The Labute approximate surface area is 124 Å². The molecule has 2 atom stereocenters. The standard InChI is InChI=1S/C15H20ClNOS/c1-2-17-13-9-15(6-3-7-19-10-15)18-14-5-4-11(16)8-12(13)14/h4-5,8,13,17H,2-3,6-7,9-10H2,1H3. The Morgan fingerprint density at radius 3 is 3.16 bits per heavy atom. The number of thioether (sulfide) groups is 1. The predicted octanol–water partition coefficient (Wildman–Crippen LogP) is 4.04. The second-order valence-electron chi connectivity index (χ2n) is 5.44. The molecule has 1 aromatic rings. The molecule has 1 saturated heterocycles. The lowest BCUT2D eigenvalue weighted by atomic mass is 9.85. The molecule has 2 nitrogen and oxygen atoms in total. The first-order valence-electron chi connectivity index (χ1n) is 7.02. The number of hydrogen-bond donors (Lipinski definition) is 1. The predicted molar refractivity (Wildman–Crippen MR) is 82.4 cm³/mol. The normalized spacial score (nSPS) is 29.9. The lowest BCUT2D eigenvalue weighted by Gasteiger charge is -2.44. The van der Waals surface area contributed by atoms with Crippen molar-refractivity contribution in [3.63, 3.8) is 0 Å². The van der Waals surface area contributed by atoms with Gasteiger partial charge in [0.1, 0.15) is 11.4 Å².